The highest BCUT2D eigenvalue weighted by Crippen LogP contribution is 2.22. The molecule has 27 heavy (non-hydrogen) atoms. The number of benzene rings is 1. The molecule has 2 aromatic heterocycles. The Morgan fingerprint density at radius 1 is 1.00 bits per heavy atom. The van der Waals surface area contributed by atoms with Crippen LogP contribution in [0.15, 0.2) is 53.9 Å². The standard InChI is InChI=1S/C18H19N7OS/c1-27-15-5-3-2-4-14(15)18(26)24-10-8-23(9-11-24)16-6-7-17(22-21-16)25-13-19-12-20-25/h2-7,12-13H,8-11H2,1H3. The van der Waals surface area contributed by atoms with E-state index in [0.29, 0.717) is 18.9 Å². The third-order valence-corrected chi connectivity index (χ3v) is 5.31. The average molecular weight is 381 g/mol. The minimum absolute atomic E-state index is 0.0900. The van der Waals surface area contributed by atoms with Crippen molar-refractivity contribution in [3.05, 3.63) is 54.6 Å². The summed E-state index contributed by atoms with van der Waals surface area (Å²) >= 11 is 1.60. The van der Waals surface area contributed by atoms with Gasteiger partial charge in [0, 0.05) is 31.1 Å². The predicted molar refractivity (Wildman–Crippen MR) is 103 cm³/mol. The molecule has 0 N–H and O–H groups in total. The molecule has 1 fully saturated rings. The molecule has 0 spiro atoms. The Labute approximate surface area is 161 Å². The number of nitrogens with zero attached hydrogens (tertiary/aromatic N) is 7. The molecule has 1 aliphatic rings. The van der Waals surface area contributed by atoms with E-state index in [1.807, 2.05) is 47.6 Å². The maximum atomic E-state index is 12.8. The van der Waals surface area contributed by atoms with Crippen LogP contribution in [-0.4, -0.2) is 68.2 Å². The minimum Gasteiger partial charge on any atom is -0.352 e. The van der Waals surface area contributed by atoms with Gasteiger partial charge in [-0.2, -0.15) is 5.10 Å². The van der Waals surface area contributed by atoms with Gasteiger partial charge in [0.1, 0.15) is 12.7 Å². The lowest BCUT2D eigenvalue weighted by molar-refractivity contribution is 0.0743. The van der Waals surface area contributed by atoms with Gasteiger partial charge in [-0.1, -0.05) is 12.1 Å². The number of hydrogen-bond donors (Lipinski definition) is 0. The maximum Gasteiger partial charge on any atom is 0.255 e. The number of amides is 1. The monoisotopic (exact) mass is 381 g/mol. The molecular formula is C18H19N7OS. The zero-order chi connectivity index (χ0) is 18.6. The van der Waals surface area contributed by atoms with Crippen LogP contribution in [-0.2, 0) is 0 Å². The quantitative estimate of drug-likeness (QED) is 0.637. The molecular weight excluding hydrogens is 362 g/mol. The molecule has 9 heteroatoms. The van der Waals surface area contributed by atoms with E-state index in [1.165, 1.54) is 6.33 Å². The zero-order valence-corrected chi connectivity index (χ0v) is 15.7. The van der Waals surface area contributed by atoms with Crippen molar-refractivity contribution in [2.24, 2.45) is 0 Å². The van der Waals surface area contributed by atoms with Crippen LogP contribution in [0.5, 0.6) is 0 Å². The van der Waals surface area contributed by atoms with E-state index in [0.717, 1.165) is 29.4 Å². The van der Waals surface area contributed by atoms with E-state index in [4.69, 9.17) is 0 Å². The Bertz CT molecular complexity index is 906. The van der Waals surface area contributed by atoms with Crippen LogP contribution in [0.4, 0.5) is 5.82 Å². The highest BCUT2D eigenvalue weighted by atomic mass is 32.2. The summed E-state index contributed by atoms with van der Waals surface area (Å²) in [6, 6.07) is 11.5. The predicted octanol–water partition coefficient (Wildman–Crippen LogP) is 1.74. The summed E-state index contributed by atoms with van der Waals surface area (Å²) < 4.78 is 1.57. The van der Waals surface area contributed by atoms with Crippen LogP contribution in [0, 0.1) is 0 Å². The number of aromatic nitrogens is 5. The second-order valence-corrected chi connectivity index (χ2v) is 6.92. The minimum atomic E-state index is 0.0900. The van der Waals surface area contributed by atoms with Crippen LogP contribution in [0.3, 0.4) is 0 Å². The van der Waals surface area contributed by atoms with Crippen molar-refractivity contribution in [1.82, 2.24) is 29.9 Å². The molecule has 0 radical (unpaired) electrons. The highest BCUT2D eigenvalue weighted by Gasteiger charge is 2.24. The van der Waals surface area contributed by atoms with E-state index in [2.05, 4.69) is 25.2 Å². The van der Waals surface area contributed by atoms with E-state index >= 15 is 0 Å². The summed E-state index contributed by atoms with van der Waals surface area (Å²) in [5.74, 6) is 1.52. The van der Waals surface area contributed by atoms with Crippen molar-refractivity contribution in [3.8, 4) is 5.82 Å². The number of rotatable bonds is 4. The lowest BCUT2D eigenvalue weighted by Crippen LogP contribution is -2.49. The number of carbonyl (C=O) groups is 1. The summed E-state index contributed by atoms with van der Waals surface area (Å²) in [7, 11) is 0. The van der Waals surface area contributed by atoms with Crippen LogP contribution < -0.4 is 4.90 Å². The summed E-state index contributed by atoms with van der Waals surface area (Å²) in [4.78, 5) is 21.8. The molecule has 1 saturated heterocycles. The molecule has 0 unspecified atom stereocenters. The fraction of sp³-hybridized carbons (Fsp3) is 0.278. The second kappa shape index (κ2) is 7.75. The van der Waals surface area contributed by atoms with Gasteiger partial charge in [-0.15, -0.1) is 22.0 Å². The number of carbonyl (C=O) groups excluding carboxylic acids is 1. The van der Waals surface area contributed by atoms with E-state index in [1.54, 1.807) is 22.8 Å². The van der Waals surface area contributed by atoms with Crippen molar-refractivity contribution in [3.63, 3.8) is 0 Å². The Hall–Kier alpha value is -2.94. The van der Waals surface area contributed by atoms with Crippen LogP contribution in [0.25, 0.3) is 5.82 Å². The van der Waals surface area contributed by atoms with Crippen molar-refractivity contribution in [2.45, 2.75) is 4.90 Å². The summed E-state index contributed by atoms with van der Waals surface area (Å²) in [6.45, 7) is 2.77. The van der Waals surface area contributed by atoms with Crippen LogP contribution in [0.1, 0.15) is 10.4 Å². The first-order valence-electron chi connectivity index (χ1n) is 8.62. The molecule has 0 aliphatic carbocycles. The Kier molecular flexibility index (Phi) is 5.01. The van der Waals surface area contributed by atoms with Crippen molar-refractivity contribution in [2.75, 3.05) is 37.3 Å². The smallest absolute Gasteiger partial charge is 0.255 e. The fourth-order valence-electron chi connectivity index (χ4n) is 3.07. The Balaban J connectivity index is 1.41. The summed E-state index contributed by atoms with van der Waals surface area (Å²) in [5, 5.41) is 12.5. The maximum absolute atomic E-state index is 12.8. The number of hydrogen-bond acceptors (Lipinski definition) is 7. The second-order valence-electron chi connectivity index (χ2n) is 6.07. The van der Waals surface area contributed by atoms with Crippen molar-refractivity contribution in [1.29, 1.82) is 0 Å². The van der Waals surface area contributed by atoms with Gasteiger partial charge in [0.15, 0.2) is 11.6 Å². The molecule has 3 heterocycles. The molecule has 1 aromatic carbocycles. The number of thioether (sulfide) groups is 1. The van der Waals surface area contributed by atoms with Gasteiger partial charge in [-0.05, 0) is 30.5 Å². The van der Waals surface area contributed by atoms with E-state index in [9.17, 15) is 4.79 Å². The van der Waals surface area contributed by atoms with Gasteiger partial charge in [-0.25, -0.2) is 9.67 Å². The first kappa shape index (κ1) is 17.5. The van der Waals surface area contributed by atoms with Crippen molar-refractivity contribution >= 4 is 23.5 Å². The fourth-order valence-corrected chi connectivity index (χ4v) is 3.66. The topological polar surface area (TPSA) is 80.0 Å². The molecule has 1 amide bonds. The van der Waals surface area contributed by atoms with Crippen LogP contribution in [0.2, 0.25) is 0 Å². The third-order valence-electron chi connectivity index (χ3n) is 4.52. The van der Waals surface area contributed by atoms with Crippen molar-refractivity contribution < 1.29 is 4.79 Å². The molecule has 3 aromatic rings. The molecule has 138 valence electrons. The van der Waals surface area contributed by atoms with Gasteiger partial charge in [0.2, 0.25) is 0 Å². The SMILES string of the molecule is CSc1ccccc1C(=O)N1CCN(c2ccc(-n3cncn3)nn2)CC1. The Morgan fingerprint density at radius 2 is 1.74 bits per heavy atom. The molecule has 4 rings (SSSR count). The van der Waals surface area contributed by atoms with Gasteiger partial charge in [0.25, 0.3) is 5.91 Å². The Morgan fingerprint density at radius 3 is 2.41 bits per heavy atom. The zero-order valence-electron chi connectivity index (χ0n) is 14.9. The largest absolute Gasteiger partial charge is 0.352 e. The van der Waals surface area contributed by atoms with E-state index < -0.39 is 0 Å². The van der Waals surface area contributed by atoms with E-state index in [-0.39, 0.29) is 5.91 Å². The third kappa shape index (κ3) is 3.63. The average Bonchev–Trinajstić information content (AvgIpc) is 3.28. The molecule has 1 aliphatic heterocycles. The number of anilines is 1. The highest BCUT2D eigenvalue weighted by molar-refractivity contribution is 7.98. The molecule has 8 nitrogen and oxygen atoms in total. The summed E-state index contributed by atoms with van der Waals surface area (Å²) in [5.41, 5.74) is 0.774. The first-order valence-corrected chi connectivity index (χ1v) is 9.85. The van der Waals surface area contributed by atoms with Crippen LogP contribution >= 0.6 is 11.8 Å². The molecule has 0 atom stereocenters. The molecule has 0 saturated carbocycles. The van der Waals surface area contributed by atoms with Gasteiger partial charge in [-0.3, -0.25) is 4.79 Å². The molecule has 0 bridgehead atoms. The first-order chi connectivity index (χ1) is 13.3. The van der Waals surface area contributed by atoms with Gasteiger partial charge in [0.05, 0.1) is 5.56 Å². The van der Waals surface area contributed by atoms with Gasteiger partial charge >= 0.3 is 0 Å². The van der Waals surface area contributed by atoms with Gasteiger partial charge < -0.3 is 9.80 Å². The normalized spacial score (nSPS) is 14.4. The number of piperazine rings is 1. The lowest BCUT2D eigenvalue weighted by atomic mass is 10.2. The lowest BCUT2D eigenvalue weighted by Gasteiger charge is -2.35. The summed E-state index contributed by atoms with van der Waals surface area (Å²) in [6.07, 6.45) is 5.03.